The first-order valence-electron chi connectivity index (χ1n) is 6.69. The number of halogens is 1. The number of amides is 1. The number of hydrogen-bond donors (Lipinski definition) is 2. The van der Waals surface area contributed by atoms with Crippen molar-refractivity contribution in [2.24, 2.45) is 0 Å². The number of fused-ring (bicyclic) bond motifs is 1. The lowest BCUT2D eigenvalue weighted by Crippen LogP contribution is -2.14. The molecule has 2 aromatic carbocycles. The Kier molecular flexibility index (Phi) is 3.54. The number of thiazole rings is 1. The number of aryl methyl sites for hydroxylation is 2. The van der Waals surface area contributed by atoms with Crippen LogP contribution in [0.2, 0.25) is 0 Å². The summed E-state index contributed by atoms with van der Waals surface area (Å²) in [7, 11) is 0. The van der Waals surface area contributed by atoms with Crippen molar-refractivity contribution in [3.05, 3.63) is 52.8 Å². The number of rotatable bonds is 2. The molecule has 1 aromatic heterocycles. The highest BCUT2D eigenvalue weighted by Crippen LogP contribution is 2.34. The Morgan fingerprint density at radius 2 is 2.09 bits per heavy atom. The van der Waals surface area contributed by atoms with E-state index in [1.807, 2.05) is 19.9 Å². The Morgan fingerprint density at radius 3 is 2.82 bits per heavy atom. The van der Waals surface area contributed by atoms with Gasteiger partial charge in [0.25, 0.3) is 5.91 Å². The standard InChI is InChI=1S/C16H14FN3OS/c1-8-6-12-14(22-16(18)19-12)9(2)13(8)20-15(21)10-4-3-5-11(17)7-10/h3-7H,1-2H3,(H2,18,19)(H,20,21). The summed E-state index contributed by atoms with van der Waals surface area (Å²) in [5.41, 5.74) is 9.36. The number of nitrogens with one attached hydrogen (secondary N) is 1. The van der Waals surface area contributed by atoms with E-state index < -0.39 is 5.82 Å². The van der Waals surface area contributed by atoms with Crippen LogP contribution in [-0.4, -0.2) is 10.9 Å². The van der Waals surface area contributed by atoms with Crippen molar-refractivity contribution in [3.63, 3.8) is 0 Å². The third-order valence-electron chi connectivity index (χ3n) is 3.46. The van der Waals surface area contributed by atoms with Gasteiger partial charge < -0.3 is 11.1 Å². The number of nitrogen functional groups attached to an aromatic ring is 1. The zero-order chi connectivity index (χ0) is 15.9. The fraction of sp³-hybridized carbons (Fsp3) is 0.125. The third kappa shape index (κ3) is 2.53. The lowest BCUT2D eigenvalue weighted by atomic mass is 10.1. The molecule has 1 heterocycles. The molecule has 0 bridgehead atoms. The van der Waals surface area contributed by atoms with Crippen LogP contribution in [0.4, 0.5) is 15.2 Å². The lowest BCUT2D eigenvalue weighted by molar-refractivity contribution is 0.102. The Bertz CT molecular complexity index is 888. The van der Waals surface area contributed by atoms with Crippen LogP contribution in [0.3, 0.4) is 0 Å². The molecule has 0 radical (unpaired) electrons. The van der Waals surface area contributed by atoms with Crippen LogP contribution in [0.25, 0.3) is 10.2 Å². The molecule has 22 heavy (non-hydrogen) atoms. The Morgan fingerprint density at radius 1 is 1.32 bits per heavy atom. The summed E-state index contributed by atoms with van der Waals surface area (Å²) < 4.78 is 14.2. The van der Waals surface area contributed by atoms with E-state index in [4.69, 9.17) is 5.73 Å². The normalized spacial score (nSPS) is 10.9. The van der Waals surface area contributed by atoms with Crippen LogP contribution in [-0.2, 0) is 0 Å². The van der Waals surface area contributed by atoms with Crippen molar-refractivity contribution in [1.29, 1.82) is 0 Å². The monoisotopic (exact) mass is 315 g/mol. The highest BCUT2D eigenvalue weighted by Gasteiger charge is 2.15. The Balaban J connectivity index is 2.01. The molecule has 0 spiro atoms. The van der Waals surface area contributed by atoms with Gasteiger partial charge in [-0.15, -0.1) is 0 Å². The van der Waals surface area contributed by atoms with Crippen LogP contribution >= 0.6 is 11.3 Å². The number of carbonyl (C=O) groups excluding carboxylic acids is 1. The summed E-state index contributed by atoms with van der Waals surface area (Å²) >= 11 is 1.38. The molecule has 0 aliphatic heterocycles. The SMILES string of the molecule is Cc1cc2nc(N)sc2c(C)c1NC(=O)c1cccc(F)c1. The number of nitrogens with zero attached hydrogens (tertiary/aromatic N) is 1. The molecule has 4 nitrogen and oxygen atoms in total. The van der Waals surface area contributed by atoms with Gasteiger partial charge in [0.15, 0.2) is 5.13 Å². The van der Waals surface area contributed by atoms with Crippen molar-refractivity contribution in [2.75, 3.05) is 11.1 Å². The minimum atomic E-state index is -0.438. The molecule has 6 heteroatoms. The van der Waals surface area contributed by atoms with Gasteiger partial charge >= 0.3 is 0 Å². The first-order valence-corrected chi connectivity index (χ1v) is 7.50. The first kappa shape index (κ1) is 14.5. The fourth-order valence-electron chi connectivity index (χ4n) is 2.41. The van der Waals surface area contributed by atoms with Crippen LogP contribution in [0.1, 0.15) is 21.5 Å². The quantitative estimate of drug-likeness (QED) is 0.754. The third-order valence-corrected chi connectivity index (χ3v) is 4.48. The van der Waals surface area contributed by atoms with E-state index in [1.54, 1.807) is 6.07 Å². The molecule has 1 amide bonds. The molecule has 0 fully saturated rings. The molecule has 0 aliphatic rings. The summed E-state index contributed by atoms with van der Waals surface area (Å²) in [5.74, 6) is -0.783. The molecule has 3 aromatic rings. The molecule has 3 rings (SSSR count). The van der Waals surface area contributed by atoms with Gasteiger partial charge in [-0.25, -0.2) is 9.37 Å². The van der Waals surface area contributed by atoms with E-state index in [0.717, 1.165) is 21.3 Å². The number of anilines is 2. The molecule has 112 valence electrons. The van der Waals surface area contributed by atoms with Crippen LogP contribution in [0.15, 0.2) is 30.3 Å². The van der Waals surface area contributed by atoms with E-state index in [0.29, 0.717) is 10.8 Å². The molecule has 0 aliphatic carbocycles. The predicted octanol–water partition coefficient (Wildman–Crippen LogP) is 3.89. The first-order chi connectivity index (χ1) is 10.5. The second kappa shape index (κ2) is 5.38. The van der Waals surface area contributed by atoms with Gasteiger partial charge in [0.1, 0.15) is 5.82 Å². The summed E-state index contributed by atoms with van der Waals surface area (Å²) in [4.78, 5) is 16.6. The van der Waals surface area contributed by atoms with Gasteiger partial charge in [-0.1, -0.05) is 17.4 Å². The second-order valence-electron chi connectivity index (χ2n) is 5.06. The average Bonchev–Trinajstić information content (AvgIpc) is 2.84. The fourth-order valence-corrected chi connectivity index (χ4v) is 3.23. The van der Waals surface area contributed by atoms with Crippen LogP contribution in [0.5, 0.6) is 0 Å². The highest BCUT2D eigenvalue weighted by molar-refractivity contribution is 7.22. The molecule has 3 N–H and O–H groups in total. The van der Waals surface area contributed by atoms with Crippen LogP contribution in [0, 0.1) is 19.7 Å². The summed E-state index contributed by atoms with van der Waals surface area (Å²) in [6.07, 6.45) is 0. The summed E-state index contributed by atoms with van der Waals surface area (Å²) in [6.45, 7) is 3.80. The van der Waals surface area contributed by atoms with Crippen molar-refractivity contribution in [3.8, 4) is 0 Å². The smallest absolute Gasteiger partial charge is 0.255 e. The van der Waals surface area contributed by atoms with Crippen LogP contribution < -0.4 is 11.1 Å². The predicted molar refractivity (Wildman–Crippen MR) is 87.9 cm³/mol. The van der Waals surface area contributed by atoms with Gasteiger partial charge in [0.2, 0.25) is 0 Å². The zero-order valence-electron chi connectivity index (χ0n) is 12.1. The van der Waals surface area contributed by atoms with E-state index >= 15 is 0 Å². The summed E-state index contributed by atoms with van der Waals surface area (Å²) in [5, 5.41) is 3.35. The molecule has 0 unspecified atom stereocenters. The van der Waals surface area contributed by atoms with Gasteiger partial charge in [-0.05, 0) is 49.2 Å². The van der Waals surface area contributed by atoms with Gasteiger partial charge in [-0.3, -0.25) is 4.79 Å². The second-order valence-corrected chi connectivity index (χ2v) is 6.09. The number of benzene rings is 2. The number of aromatic nitrogens is 1. The minimum absolute atomic E-state index is 0.280. The van der Waals surface area contributed by atoms with E-state index in [1.165, 1.54) is 29.5 Å². The lowest BCUT2D eigenvalue weighted by Gasteiger charge is -2.12. The molecular weight excluding hydrogens is 301 g/mol. The van der Waals surface area contributed by atoms with Gasteiger partial charge in [-0.2, -0.15) is 0 Å². The molecular formula is C16H14FN3OS. The Hall–Kier alpha value is -2.47. The molecule has 0 atom stereocenters. The number of carbonyl (C=O) groups is 1. The van der Waals surface area contributed by atoms with E-state index in [2.05, 4.69) is 10.3 Å². The van der Waals surface area contributed by atoms with Gasteiger partial charge in [0, 0.05) is 11.3 Å². The topological polar surface area (TPSA) is 68.0 Å². The average molecular weight is 315 g/mol. The minimum Gasteiger partial charge on any atom is -0.375 e. The van der Waals surface area contributed by atoms with Crippen molar-refractivity contribution >= 4 is 38.3 Å². The summed E-state index contributed by atoms with van der Waals surface area (Å²) in [6, 6.07) is 7.49. The van der Waals surface area contributed by atoms with Gasteiger partial charge in [0.05, 0.1) is 10.2 Å². The van der Waals surface area contributed by atoms with Crippen molar-refractivity contribution in [1.82, 2.24) is 4.98 Å². The number of hydrogen-bond acceptors (Lipinski definition) is 4. The maximum Gasteiger partial charge on any atom is 0.255 e. The number of nitrogens with two attached hydrogens (primary N) is 1. The molecule has 0 saturated heterocycles. The molecule has 0 saturated carbocycles. The Labute approximate surface area is 130 Å². The van der Waals surface area contributed by atoms with Crippen molar-refractivity contribution < 1.29 is 9.18 Å². The largest absolute Gasteiger partial charge is 0.375 e. The van der Waals surface area contributed by atoms with E-state index in [-0.39, 0.29) is 11.5 Å². The zero-order valence-corrected chi connectivity index (χ0v) is 12.9. The van der Waals surface area contributed by atoms with Crippen molar-refractivity contribution in [2.45, 2.75) is 13.8 Å². The highest BCUT2D eigenvalue weighted by atomic mass is 32.1. The maximum absolute atomic E-state index is 13.2. The maximum atomic E-state index is 13.2. The van der Waals surface area contributed by atoms with E-state index in [9.17, 15) is 9.18 Å².